The van der Waals surface area contributed by atoms with Crippen LogP contribution in [0.3, 0.4) is 0 Å². The molecule has 0 fully saturated rings. The van der Waals surface area contributed by atoms with E-state index in [0.29, 0.717) is 17.8 Å². The molecule has 1 aromatic carbocycles. The Kier molecular flexibility index (Phi) is 5.79. The number of anilines is 1. The molecule has 0 atom stereocenters. The summed E-state index contributed by atoms with van der Waals surface area (Å²) in [5, 5.41) is 2.68. The molecule has 0 aromatic heterocycles. The van der Waals surface area contributed by atoms with E-state index in [0.717, 1.165) is 0 Å². The van der Waals surface area contributed by atoms with E-state index in [9.17, 15) is 13.2 Å². The van der Waals surface area contributed by atoms with Crippen LogP contribution in [0, 0.1) is 6.92 Å². The molecule has 1 rings (SSSR count). The zero-order valence-corrected chi connectivity index (χ0v) is 12.9. The van der Waals surface area contributed by atoms with Gasteiger partial charge in [0, 0.05) is 25.2 Å². The van der Waals surface area contributed by atoms with Gasteiger partial charge in [-0.15, -0.1) is 0 Å². The summed E-state index contributed by atoms with van der Waals surface area (Å²) < 4.78 is 26.5. The number of rotatable bonds is 6. The van der Waals surface area contributed by atoms with E-state index in [2.05, 4.69) is 10.0 Å². The second-order valence-corrected chi connectivity index (χ2v) is 6.38. The molecule has 0 aliphatic rings. The smallest absolute Gasteiger partial charge is 0.242 e. The van der Waals surface area contributed by atoms with Crippen molar-refractivity contribution in [1.29, 1.82) is 0 Å². The van der Waals surface area contributed by atoms with E-state index in [1.807, 2.05) is 0 Å². The number of hydrogen-bond acceptors (Lipinski definition) is 4. The molecular formula is C12H18ClN3O3S. The lowest BCUT2D eigenvalue weighted by Gasteiger charge is -2.10. The molecule has 0 bridgehead atoms. The van der Waals surface area contributed by atoms with Crippen LogP contribution in [-0.4, -0.2) is 27.4 Å². The highest BCUT2D eigenvalue weighted by molar-refractivity contribution is 7.89. The minimum atomic E-state index is -3.78. The molecule has 0 saturated carbocycles. The van der Waals surface area contributed by atoms with Crippen molar-refractivity contribution < 1.29 is 13.2 Å². The average Bonchev–Trinajstić information content (AvgIpc) is 2.33. The molecule has 0 spiro atoms. The number of amides is 1. The van der Waals surface area contributed by atoms with Crippen molar-refractivity contribution in [2.24, 2.45) is 0 Å². The monoisotopic (exact) mass is 319 g/mol. The number of halogens is 1. The van der Waals surface area contributed by atoms with Crippen molar-refractivity contribution in [2.45, 2.75) is 25.2 Å². The van der Waals surface area contributed by atoms with Gasteiger partial charge in [0.25, 0.3) is 0 Å². The average molecular weight is 320 g/mol. The van der Waals surface area contributed by atoms with E-state index in [4.69, 9.17) is 17.3 Å². The molecule has 0 aliphatic carbocycles. The minimum absolute atomic E-state index is 0.00171. The lowest BCUT2D eigenvalue weighted by molar-refractivity contribution is -0.120. The van der Waals surface area contributed by atoms with Gasteiger partial charge in [-0.2, -0.15) is 0 Å². The standard InChI is InChI=1S/C12H18ClN3O3S/c1-3-15-12(17)4-5-16-20(18,19)11-7-10(14)8(2)6-9(11)13/h6-7,16H,3-5,14H2,1-2H3,(H,15,17). The Hall–Kier alpha value is -1.31. The maximum Gasteiger partial charge on any atom is 0.242 e. The summed E-state index contributed by atoms with van der Waals surface area (Å²) in [7, 11) is -3.78. The summed E-state index contributed by atoms with van der Waals surface area (Å²) in [5.74, 6) is -0.218. The Morgan fingerprint density at radius 2 is 2.05 bits per heavy atom. The second-order valence-electron chi connectivity index (χ2n) is 4.24. The van der Waals surface area contributed by atoms with Gasteiger partial charge in [0.1, 0.15) is 4.90 Å². The highest BCUT2D eigenvalue weighted by atomic mass is 35.5. The van der Waals surface area contributed by atoms with Crippen LogP contribution in [0.4, 0.5) is 5.69 Å². The van der Waals surface area contributed by atoms with Gasteiger partial charge >= 0.3 is 0 Å². The first kappa shape index (κ1) is 16.7. The van der Waals surface area contributed by atoms with E-state index in [-0.39, 0.29) is 28.8 Å². The normalized spacial score (nSPS) is 11.3. The van der Waals surface area contributed by atoms with Gasteiger partial charge in [0.05, 0.1) is 5.02 Å². The van der Waals surface area contributed by atoms with Gasteiger partial charge in [0.2, 0.25) is 15.9 Å². The highest BCUT2D eigenvalue weighted by Gasteiger charge is 2.19. The van der Waals surface area contributed by atoms with Crippen molar-refractivity contribution in [1.82, 2.24) is 10.0 Å². The van der Waals surface area contributed by atoms with Crippen molar-refractivity contribution >= 4 is 33.2 Å². The van der Waals surface area contributed by atoms with Gasteiger partial charge in [-0.25, -0.2) is 13.1 Å². The number of aryl methyl sites for hydroxylation is 1. The van der Waals surface area contributed by atoms with Crippen molar-refractivity contribution in [2.75, 3.05) is 18.8 Å². The predicted molar refractivity (Wildman–Crippen MR) is 79.1 cm³/mol. The fourth-order valence-electron chi connectivity index (χ4n) is 1.54. The molecular weight excluding hydrogens is 302 g/mol. The Labute approximate surface area is 123 Å². The first-order valence-electron chi connectivity index (χ1n) is 6.10. The van der Waals surface area contributed by atoms with Crippen LogP contribution in [0.15, 0.2) is 17.0 Å². The molecule has 112 valence electrons. The quantitative estimate of drug-likeness (QED) is 0.682. The van der Waals surface area contributed by atoms with Gasteiger partial charge < -0.3 is 11.1 Å². The topological polar surface area (TPSA) is 101 Å². The molecule has 0 aliphatic heterocycles. The van der Waals surface area contributed by atoms with Gasteiger partial charge in [-0.05, 0) is 31.5 Å². The maximum atomic E-state index is 12.1. The molecule has 4 N–H and O–H groups in total. The number of nitrogens with two attached hydrogens (primary N) is 1. The van der Waals surface area contributed by atoms with Gasteiger partial charge in [-0.1, -0.05) is 11.6 Å². The number of carbonyl (C=O) groups is 1. The van der Waals surface area contributed by atoms with Crippen LogP contribution >= 0.6 is 11.6 Å². The predicted octanol–water partition coefficient (Wildman–Crippen LogP) is 1.04. The van der Waals surface area contributed by atoms with Crippen LogP contribution < -0.4 is 15.8 Å². The third kappa shape index (κ3) is 4.36. The lowest BCUT2D eigenvalue weighted by Crippen LogP contribution is -2.30. The number of nitrogens with one attached hydrogen (secondary N) is 2. The first-order chi connectivity index (χ1) is 9.27. The Balaban J connectivity index is 2.79. The van der Waals surface area contributed by atoms with Crippen LogP contribution in [0.25, 0.3) is 0 Å². The molecule has 0 heterocycles. The number of nitrogen functional groups attached to an aromatic ring is 1. The summed E-state index contributed by atoms with van der Waals surface area (Å²) >= 11 is 5.92. The largest absolute Gasteiger partial charge is 0.398 e. The van der Waals surface area contributed by atoms with Crippen molar-refractivity contribution in [3.8, 4) is 0 Å². The summed E-state index contributed by atoms with van der Waals surface area (Å²) in [4.78, 5) is 11.2. The summed E-state index contributed by atoms with van der Waals surface area (Å²) in [6.07, 6.45) is 0.0615. The van der Waals surface area contributed by atoms with Crippen LogP contribution in [-0.2, 0) is 14.8 Å². The van der Waals surface area contributed by atoms with Crippen LogP contribution in [0.5, 0.6) is 0 Å². The van der Waals surface area contributed by atoms with Crippen molar-refractivity contribution in [3.05, 3.63) is 22.7 Å². The second kappa shape index (κ2) is 6.92. The molecule has 20 heavy (non-hydrogen) atoms. The fourth-order valence-corrected chi connectivity index (χ4v) is 3.18. The molecule has 0 saturated heterocycles. The maximum absolute atomic E-state index is 12.1. The van der Waals surface area contributed by atoms with E-state index in [1.54, 1.807) is 13.8 Å². The number of carbonyl (C=O) groups excluding carboxylic acids is 1. The Morgan fingerprint density at radius 1 is 1.40 bits per heavy atom. The summed E-state index contributed by atoms with van der Waals surface area (Å²) in [6, 6.07) is 2.81. The van der Waals surface area contributed by atoms with Crippen LogP contribution in [0.1, 0.15) is 18.9 Å². The first-order valence-corrected chi connectivity index (χ1v) is 7.96. The lowest BCUT2D eigenvalue weighted by atomic mass is 10.2. The number of benzene rings is 1. The van der Waals surface area contributed by atoms with Gasteiger partial charge in [0.15, 0.2) is 0 Å². The Bertz CT molecular complexity index is 602. The third-order valence-electron chi connectivity index (χ3n) is 2.63. The number of sulfonamides is 1. The zero-order chi connectivity index (χ0) is 15.3. The van der Waals surface area contributed by atoms with E-state index < -0.39 is 10.0 Å². The zero-order valence-electron chi connectivity index (χ0n) is 11.4. The highest BCUT2D eigenvalue weighted by Crippen LogP contribution is 2.26. The molecule has 6 nitrogen and oxygen atoms in total. The third-order valence-corrected chi connectivity index (χ3v) is 4.55. The number of hydrogen-bond donors (Lipinski definition) is 3. The summed E-state index contributed by atoms with van der Waals surface area (Å²) in [6.45, 7) is 4.03. The molecule has 0 radical (unpaired) electrons. The fraction of sp³-hybridized carbons (Fsp3) is 0.417. The summed E-state index contributed by atoms with van der Waals surface area (Å²) in [5.41, 5.74) is 6.74. The van der Waals surface area contributed by atoms with Crippen molar-refractivity contribution in [3.63, 3.8) is 0 Å². The van der Waals surface area contributed by atoms with E-state index in [1.165, 1.54) is 12.1 Å². The Morgan fingerprint density at radius 3 is 2.65 bits per heavy atom. The van der Waals surface area contributed by atoms with Gasteiger partial charge in [-0.3, -0.25) is 4.79 Å². The molecule has 1 aromatic rings. The molecule has 1 amide bonds. The van der Waals surface area contributed by atoms with Crippen LogP contribution in [0.2, 0.25) is 5.02 Å². The van der Waals surface area contributed by atoms with E-state index >= 15 is 0 Å². The molecule has 0 unspecified atom stereocenters. The molecule has 8 heteroatoms. The minimum Gasteiger partial charge on any atom is -0.398 e. The SMILES string of the molecule is CCNC(=O)CCNS(=O)(=O)c1cc(N)c(C)cc1Cl.